The van der Waals surface area contributed by atoms with Crippen LogP contribution in [0.4, 0.5) is 4.79 Å². The van der Waals surface area contributed by atoms with E-state index < -0.39 is 24.0 Å². The average Bonchev–Trinajstić information content (AvgIpc) is 2.72. The van der Waals surface area contributed by atoms with Crippen LogP contribution in [0.5, 0.6) is 0 Å². The van der Waals surface area contributed by atoms with E-state index in [1.807, 2.05) is 0 Å². The highest BCUT2D eigenvalue weighted by atomic mass is 16.6. The molecule has 1 aliphatic heterocycles. The highest BCUT2D eigenvalue weighted by Crippen LogP contribution is 2.33. The number of benzene rings is 1. The van der Waals surface area contributed by atoms with Crippen molar-refractivity contribution in [3.63, 3.8) is 0 Å². The third-order valence-electron chi connectivity index (χ3n) is 4.53. The molecule has 1 atom stereocenters. The number of nitrogens with one attached hydrogen (secondary N) is 1. The molecule has 158 valence electrons. The summed E-state index contributed by atoms with van der Waals surface area (Å²) in [6.07, 6.45) is 0. The molecule has 0 spiro atoms. The minimum atomic E-state index is -0.869. The van der Waals surface area contributed by atoms with Gasteiger partial charge >= 0.3 is 18.0 Å². The van der Waals surface area contributed by atoms with Crippen LogP contribution >= 0.6 is 0 Å². The van der Waals surface area contributed by atoms with Gasteiger partial charge in [0.2, 0.25) is 0 Å². The average molecular weight is 406 g/mol. The van der Waals surface area contributed by atoms with E-state index in [-0.39, 0.29) is 30.9 Å². The molecule has 29 heavy (non-hydrogen) atoms. The van der Waals surface area contributed by atoms with Gasteiger partial charge in [0.25, 0.3) is 0 Å². The normalized spacial score (nSPS) is 16.5. The number of allylic oxidation sites excluding steroid dienone is 1. The van der Waals surface area contributed by atoms with Gasteiger partial charge in [-0.3, -0.25) is 4.90 Å². The Morgan fingerprint density at radius 1 is 1.03 bits per heavy atom. The van der Waals surface area contributed by atoms with Crippen LogP contribution < -0.4 is 5.32 Å². The van der Waals surface area contributed by atoms with Gasteiger partial charge in [0.15, 0.2) is 0 Å². The van der Waals surface area contributed by atoms with Crippen LogP contribution in [0.1, 0.15) is 28.9 Å². The van der Waals surface area contributed by atoms with Crippen molar-refractivity contribution in [2.45, 2.75) is 13.0 Å². The number of urea groups is 1. The summed E-state index contributed by atoms with van der Waals surface area (Å²) in [5, 5.41) is 2.80. The van der Waals surface area contributed by atoms with Gasteiger partial charge in [-0.1, -0.05) is 18.2 Å². The third kappa shape index (κ3) is 5.12. The molecule has 2 amide bonds. The molecule has 9 heteroatoms. The maximum absolute atomic E-state index is 12.9. The van der Waals surface area contributed by atoms with Gasteiger partial charge in [-0.15, -0.1) is 0 Å². The van der Waals surface area contributed by atoms with Crippen LogP contribution in [0.15, 0.2) is 35.5 Å². The first-order chi connectivity index (χ1) is 14.0. The van der Waals surface area contributed by atoms with E-state index in [1.165, 1.54) is 26.2 Å². The van der Waals surface area contributed by atoms with E-state index in [4.69, 9.17) is 18.9 Å². The number of carbonyl (C=O) groups is 3. The van der Waals surface area contributed by atoms with Crippen LogP contribution in [0.25, 0.3) is 0 Å². The Labute approximate surface area is 169 Å². The van der Waals surface area contributed by atoms with E-state index >= 15 is 0 Å². The summed E-state index contributed by atoms with van der Waals surface area (Å²) in [6, 6.07) is 5.36. The van der Waals surface area contributed by atoms with Gasteiger partial charge in [0.1, 0.15) is 6.61 Å². The number of methoxy groups -OCH3 is 3. The lowest BCUT2D eigenvalue weighted by atomic mass is 9.91. The Morgan fingerprint density at radius 3 is 2.38 bits per heavy atom. The second-order valence-electron chi connectivity index (χ2n) is 6.23. The van der Waals surface area contributed by atoms with Crippen molar-refractivity contribution in [2.24, 2.45) is 0 Å². The standard InChI is InChI=1S/C20H26N2O7/c1-13-16(19(24)29-12-11-27-3)17(21-20(25)22(13)9-10-26-2)14-7-5-6-8-15(14)18(23)28-4/h5-8,17H,9-12H2,1-4H3,(H,21,25)/t17-/m0/s1. The number of hydrogen-bond donors (Lipinski definition) is 1. The molecule has 0 fully saturated rings. The number of ether oxygens (including phenoxy) is 4. The molecule has 0 bridgehead atoms. The predicted molar refractivity (Wildman–Crippen MR) is 103 cm³/mol. The first kappa shape index (κ1) is 22.4. The molecular formula is C20H26N2O7. The molecule has 0 saturated heterocycles. The summed E-state index contributed by atoms with van der Waals surface area (Å²) in [4.78, 5) is 39.2. The molecular weight excluding hydrogens is 380 g/mol. The monoisotopic (exact) mass is 406 g/mol. The molecule has 1 heterocycles. The summed E-state index contributed by atoms with van der Waals surface area (Å²) in [5.41, 5.74) is 1.35. The molecule has 0 radical (unpaired) electrons. The van der Waals surface area contributed by atoms with Gasteiger partial charge < -0.3 is 24.3 Å². The minimum Gasteiger partial charge on any atom is -0.465 e. The minimum absolute atomic E-state index is 0.0590. The molecule has 1 aromatic rings. The maximum atomic E-state index is 12.9. The van der Waals surface area contributed by atoms with Crippen molar-refractivity contribution in [1.29, 1.82) is 0 Å². The molecule has 0 saturated carbocycles. The van der Waals surface area contributed by atoms with Crippen LogP contribution in [0, 0.1) is 0 Å². The van der Waals surface area contributed by atoms with E-state index in [9.17, 15) is 14.4 Å². The summed E-state index contributed by atoms with van der Waals surface area (Å²) in [7, 11) is 4.30. The summed E-state index contributed by atoms with van der Waals surface area (Å²) >= 11 is 0. The molecule has 9 nitrogen and oxygen atoms in total. The molecule has 0 unspecified atom stereocenters. The van der Waals surface area contributed by atoms with Gasteiger partial charge in [-0.05, 0) is 18.6 Å². The van der Waals surface area contributed by atoms with E-state index in [2.05, 4.69) is 5.32 Å². The zero-order valence-electron chi connectivity index (χ0n) is 17.0. The largest absolute Gasteiger partial charge is 0.465 e. The Morgan fingerprint density at radius 2 is 1.72 bits per heavy atom. The topological polar surface area (TPSA) is 103 Å². The summed E-state index contributed by atoms with van der Waals surface area (Å²) in [6.45, 7) is 2.51. The highest BCUT2D eigenvalue weighted by molar-refractivity contribution is 5.97. The second kappa shape index (κ2) is 10.6. The van der Waals surface area contributed by atoms with Gasteiger partial charge in [0.05, 0.1) is 44.0 Å². The summed E-state index contributed by atoms with van der Waals surface area (Å²) < 4.78 is 20.1. The molecule has 1 aromatic carbocycles. The van der Waals surface area contributed by atoms with Crippen LogP contribution in [0.3, 0.4) is 0 Å². The van der Waals surface area contributed by atoms with E-state index in [0.29, 0.717) is 17.9 Å². The smallest absolute Gasteiger partial charge is 0.338 e. The first-order valence-corrected chi connectivity index (χ1v) is 9.07. The number of nitrogens with zero attached hydrogens (tertiary/aromatic N) is 1. The number of rotatable bonds is 9. The van der Waals surface area contributed by atoms with Crippen molar-refractivity contribution >= 4 is 18.0 Å². The molecule has 1 aliphatic rings. The fourth-order valence-corrected chi connectivity index (χ4v) is 3.07. The number of esters is 2. The molecule has 0 aliphatic carbocycles. The lowest BCUT2D eigenvalue weighted by Crippen LogP contribution is -2.49. The second-order valence-corrected chi connectivity index (χ2v) is 6.23. The molecule has 2 rings (SSSR count). The van der Waals surface area contributed by atoms with E-state index in [1.54, 1.807) is 31.2 Å². The fourth-order valence-electron chi connectivity index (χ4n) is 3.07. The van der Waals surface area contributed by atoms with Crippen LogP contribution in [-0.2, 0) is 23.7 Å². The van der Waals surface area contributed by atoms with E-state index in [0.717, 1.165) is 0 Å². The van der Waals surface area contributed by atoms with Crippen molar-refractivity contribution in [2.75, 3.05) is 47.7 Å². The third-order valence-corrected chi connectivity index (χ3v) is 4.53. The quantitative estimate of drug-likeness (QED) is 0.491. The van der Waals surface area contributed by atoms with Crippen molar-refractivity contribution in [3.05, 3.63) is 46.7 Å². The Bertz CT molecular complexity index is 791. The first-order valence-electron chi connectivity index (χ1n) is 9.07. The Kier molecular flexibility index (Phi) is 8.17. The maximum Gasteiger partial charge on any atom is 0.338 e. The zero-order valence-corrected chi connectivity index (χ0v) is 17.0. The molecule has 1 N–H and O–H groups in total. The number of hydrogen-bond acceptors (Lipinski definition) is 7. The highest BCUT2D eigenvalue weighted by Gasteiger charge is 2.38. The zero-order chi connectivity index (χ0) is 21.4. The summed E-state index contributed by atoms with van der Waals surface area (Å²) in [5.74, 6) is -1.17. The number of carbonyl (C=O) groups excluding carboxylic acids is 3. The van der Waals surface area contributed by atoms with Gasteiger partial charge in [-0.25, -0.2) is 14.4 Å². The lowest BCUT2D eigenvalue weighted by molar-refractivity contribution is -0.141. The van der Waals surface area contributed by atoms with Crippen LogP contribution in [-0.4, -0.2) is 70.6 Å². The Balaban J connectivity index is 2.52. The number of amides is 2. The van der Waals surface area contributed by atoms with Crippen LogP contribution in [0.2, 0.25) is 0 Å². The Hall–Kier alpha value is -2.91. The van der Waals surface area contributed by atoms with Crippen molar-refractivity contribution < 1.29 is 33.3 Å². The predicted octanol–water partition coefficient (Wildman–Crippen LogP) is 1.65. The SMILES string of the molecule is COCCOC(=O)C1=C(C)N(CCOC)C(=O)N[C@H]1c1ccccc1C(=O)OC. The van der Waals surface area contributed by atoms with Gasteiger partial charge in [0, 0.05) is 19.9 Å². The molecule has 0 aromatic heterocycles. The van der Waals surface area contributed by atoms with Gasteiger partial charge in [-0.2, -0.15) is 0 Å². The lowest BCUT2D eigenvalue weighted by Gasteiger charge is -2.35. The fraction of sp³-hybridized carbons (Fsp3) is 0.450. The van der Waals surface area contributed by atoms with Crippen molar-refractivity contribution in [1.82, 2.24) is 10.2 Å². The van der Waals surface area contributed by atoms with Crippen molar-refractivity contribution in [3.8, 4) is 0 Å².